The van der Waals surface area contributed by atoms with Crippen molar-refractivity contribution in [2.24, 2.45) is 13.0 Å². The first-order valence-corrected chi connectivity index (χ1v) is 13.2. The smallest absolute Gasteiger partial charge is 0.411 e. The van der Waals surface area contributed by atoms with Crippen LogP contribution in [0.3, 0.4) is 0 Å². The van der Waals surface area contributed by atoms with E-state index in [-0.39, 0.29) is 5.91 Å². The fourth-order valence-corrected chi connectivity index (χ4v) is 6.28. The van der Waals surface area contributed by atoms with Gasteiger partial charge in [0.15, 0.2) is 0 Å². The SMILES string of the molecule is Cc1ncc(NC(=O)OCCN2CC3CCC2C3)cc1NC(=O)c1cnn2cc(-c3cnn(C)c3)sc12. The molecular weight excluding hydrogens is 492 g/mol. The number of aromatic nitrogens is 5. The van der Waals surface area contributed by atoms with Crippen molar-refractivity contribution in [3.8, 4) is 10.4 Å². The summed E-state index contributed by atoms with van der Waals surface area (Å²) < 4.78 is 8.81. The maximum Gasteiger partial charge on any atom is 0.411 e. The molecule has 0 aromatic carbocycles. The van der Waals surface area contributed by atoms with Crippen LogP contribution in [0.15, 0.2) is 37.1 Å². The van der Waals surface area contributed by atoms with Crippen molar-refractivity contribution in [2.45, 2.75) is 32.2 Å². The molecular formula is C25H28N8O3S. The van der Waals surface area contributed by atoms with Gasteiger partial charge in [-0.15, -0.1) is 11.3 Å². The summed E-state index contributed by atoms with van der Waals surface area (Å²) in [6.45, 7) is 4.01. The highest BCUT2D eigenvalue weighted by Gasteiger charge is 2.37. The van der Waals surface area contributed by atoms with Crippen molar-refractivity contribution in [2.75, 3.05) is 30.3 Å². The van der Waals surface area contributed by atoms with Gasteiger partial charge in [-0.25, -0.2) is 9.31 Å². The molecule has 11 nitrogen and oxygen atoms in total. The third-order valence-corrected chi connectivity index (χ3v) is 8.31. The molecule has 2 bridgehead atoms. The molecule has 6 rings (SSSR count). The van der Waals surface area contributed by atoms with Crippen molar-refractivity contribution in [1.29, 1.82) is 0 Å². The molecule has 2 aliphatic rings. The Morgan fingerprint density at radius 2 is 2.05 bits per heavy atom. The minimum atomic E-state index is -0.535. The molecule has 5 heterocycles. The number of aryl methyl sites for hydroxylation is 2. The Balaban J connectivity index is 1.08. The molecule has 37 heavy (non-hydrogen) atoms. The van der Waals surface area contributed by atoms with Crippen molar-refractivity contribution in [3.63, 3.8) is 0 Å². The van der Waals surface area contributed by atoms with E-state index >= 15 is 0 Å². The van der Waals surface area contributed by atoms with E-state index in [4.69, 9.17) is 4.74 Å². The molecule has 2 N–H and O–H groups in total. The Bertz CT molecular complexity index is 1470. The van der Waals surface area contributed by atoms with E-state index in [0.717, 1.165) is 34.3 Å². The highest BCUT2D eigenvalue weighted by atomic mass is 32.1. The molecule has 2 amide bonds. The number of thiazole rings is 1. The van der Waals surface area contributed by atoms with Crippen LogP contribution in [0.1, 0.15) is 35.3 Å². The lowest BCUT2D eigenvalue weighted by Gasteiger charge is -2.26. The van der Waals surface area contributed by atoms with Crippen molar-refractivity contribution in [1.82, 2.24) is 29.3 Å². The number of carbonyl (C=O) groups is 2. The lowest BCUT2D eigenvalue weighted by Crippen LogP contribution is -2.35. The van der Waals surface area contributed by atoms with Gasteiger partial charge in [-0.05, 0) is 38.2 Å². The van der Waals surface area contributed by atoms with E-state index < -0.39 is 6.09 Å². The second-order valence-electron chi connectivity index (χ2n) is 9.71. The molecule has 1 aliphatic heterocycles. The number of hydrogen-bond donors (Lipinski definition) is 2. The summed E-state index contributed by atoms with van der Waals surface area (Å²) in [6, 6.07) is 2.33. The molecule has 12 heteroatoms. The van der Waals surface area contributed by atoms with Crippen LogP contribution >= 0.6 is 11.3 Å². The highest BCUT2D eigenvalue weighted by molar-refractivity contribution is 7.21. The number of amides is 2. The molecule has 0 radical (unpaired) electrons. The number of hydrogen-bond acceptors (Lipinski definition) is 8. The van der Waals surface area contributed by atoms with E-state index in [0.29, 0.717) is 35.3 Å². The summed E-state index contributed by atoms with van der Waals surface area (Å²) in [7, 11) is 1.86. The lowest BCUT2D eigenvalue weighted by atomic mass is 10.1. The third-order valence-electron chi connectivity index (χ3n) is 7.15. The standard InChI is InChI=1S/C25H28N8O3S/c1-15-21(8-18(10-26-15)29-25(35)36-6-5-32-12-16-3-4-19(32)7-16)30-23(34)20-11-28-33-14-22(37-24(20)33)17-9-27-31(2)13-17/h8-11,13-14,16,19H,3-7,12H2,1-2H3,(H,29,35)(H,30,34). The average molecular weight is 521 g/mol. The number of pyridine rings is 1. The van der Waals surface area contributed by atoms with Gasteiger partial charge in [0.2, 0.25) is 0 Å². The van der Waals surface area contributed by atoms with Crippen molar-refractivity contribution >= 4 is 39.5 Å². The normalized spacial score (nSPS) is 19.0. The molecule has 2 atom stereocenters. The number of ether oxygens (including phenoxy) is 1. The topological polar surface area (TPSA) is 119 Å². The highest BCUT2D eigenvalue weighted by Crippen LogP contribution is 2.37. The summed E-state index contributed by atoms with van der Waals surface area (Å²) in [6.07, 6.45) is 12.0. The number of anilines is 2. The Hall–Kier alpha value is -3.77. The molecule has 0 spiro atoms. The molecule has 2 unspecified atom stereocenters. The summed E-state index contributed by atoms with van der Waals surface area (Å²) in [5.74, 6) is 0.507. The molecule has 192 valence electrons. The van der Waals surface area contributed by atoms with E-state index in [2.05, 4.69) is 30.7 Å². The molecule has 1 saturated heterocycles. The Morgan fingerprint density at radius 3 is 2.81 bits per heavy atom. The maximum absolute atomic E-state index is 13.1. The molecule has 4 aromatic rings. The van der Waals surface area contributed by atoms with E-state index in [9.17, 15) is 9.59 Å². The van der Waals surface area contributed by atoms with E-state index in [1.54, 1.807) is 40.8 Å². The maximum atomic E-state index is 13.1. The van der Waals surface area contributed by atoms with Gasteiger partial charge >= 0.3 is 6.09 Å². The Kier molecular flexibility index (Phi) is 6.13. The van der Waals surface area contributed by atoms with Crippen LogP contribution in [0.4, 0.5) is 16.2 Å². The van der Waals surface area contributed by atoms with Crippen LogP contribution in [0, 0.1) is 12.8 Å². The monoisotopic (exact) mass is 520 g/mol. The Labute approximate surface area is 217 Å². The fourth-order valence-electron chi connectivity index (χ4n) is 5.25. The van der Waals surface area contributed by atoms with Gasteiger partial charge in [-0.1, -0.05) is 0 Å². The van der Waals surface area contributed by atoms with E-state index in [1.807, 2.05) is 19.4 Å². The van der Waals surface area contributed by atoms with Gasteiger partial charge < -0.3 is 10.1 Å². The van der Waals surface area contributed by atoms with E-state index in [1.165, 1.54) is 30.6 Å². The Morgan fingerprint density at radius 1 is 1.16 bits per heavy atom. The lowest BCUT2D eigenvalue weighted by molar-refractivity contribution is 0.102. The van der Waals surface area contributed by atoms with Crippen LogP contribution in [0.5, 0.6) is 0 Å². The minimum absolute atomic E-state index is 0.306. The van der Waals surface area contributed by atoms with Crippen LogP contribution < -0.4 is 10.6 Å². The van der Waals surface area contributed by atoms with Crippen LogP contribution in [-0.4, -0.2) is 67.0 Å². The molecule has 1 saturated carbocycles. The first-order chi connectivity index (χ1) is 17.9. The summed E-state index contributed by atoms with van der Waals surface area (Å²) in [5.41, 5.74) is 2.98. The number of nitrogens with one attached hydrogen (secondary N) is 2. The predicted molar refractivity (Wildman–Crippen MR) is 140 cm³/mol. The van der Waals surface area contributed by atoms with Crippen LogP contribution in [0.2, 0.25) is 0 Å². The fraction of sp³-hybridized carbons (Fsp3) is 0.400. The number of piperidine rings is 1. The second kappa shape index (κ2) is 9.60. The molecule has 4 aromatic heterocycles. The van der Waals surface area contributed by atoms with Crippen LogP contribution in [-0.2, 0) is 11.8 Å². The zero-order chi connectivity index (χ0) is 25.5. The van der Waals surface area contributed by atoms with Crippen molar-refractivity contribution < 1.29 is 14.3 Å². The van der Waals surface area contributed by atoms with Gasteiger partial charge in [-0.2, -0.15) is 10.2 Å². The molecule has 2 fully saturated rings. The van der Waals surface area contributed by atoms with Crippen LogP contribution in [0.25, 0.3) is 15.3 Å². The summed E-state index contributed by atoms with van der Waals surface area (Å²) in [4.78, 5) is 33.9. The summed E-state index contributed by atoms with van der Waals surface area (Å²) >= 11 is 1.47. The number of rotatable bonds is 7. The summed E-state index contributed by atoms with van der Waals surface area (Å²) in [5, 5.41) is 14.2. The third kappa shape index (κ3) is 4.81. The number of likely N-dealkylation sites (tertiary alicyclic amines) is 1. The van der Waals surface area contributed by atoms with Crippen molar-refractivity contribution in [3.05, 3.63) is 48.3 Å². The minimum Gasteiger partial charge on any atom is -0.448 e. The van der Waals surface area contributed by atoms with Gasteiger partial charge in [0, 0.05) is 44.1 Å². The number of carbonyl (C=O) groups excluding carboxylic acids is 2. The number of fused-ring (bicyclic) bond motifs is 3. The largest absolute Gasteiger partial charge is 0.448 e. The first kappa shape index (κ1) is 23.6. The zero-order valence-electron chi connectivity index (χ0n) is 20.7. The van der Waals surface area contributed by atoms with Gasteiger partial charge in [0.05, 0.1) is 46.1 Å². The zero-order valence-corrected chi connectivity index (χ0v) is 21.5. The second-order valence-corrected chi connectivity index (χ2v) is 10.7. The predicted octanol–water partition coefficient (Wildman–Crippen LogP) is 3.78. The first-order valence-electron chi connectivity index (χ1n) is 12.3. The number of nitrogens with zero attached hydrogens (tertiary/aromatic N) is 6. The van der Waals surface area contributed by atoms with Gasteiger partial charge in [0.1, 0.15) is 11.4 Å². The average Bonchev–Trinajstić information content (AvgIpc) is 3.68. The quantitative estimate of drug-likeness (QED) is 0.381. The van der Waals surface area contributed by atoms with Gasteiger partial charge in [0.25, 0.3) is 5.91 Å². The molecule has 1 aliphatic carbocycles. The van der Waals surface area contributed by atoms with Gasteiger partial charge in [-0.3, -0.25) is 24.7 Å².